The fraction of sp³-hybridized carbons (Fsp3) is 0.640. The second-order valence-electron chi connectivity index (χ2n) is 9.93. The highest BCUT2D eigenvalue weighted by Gasteiger charge is 2.45. The number of carbonyl (C=O) groups is 3. The highest BCUT2D eigenvalue weighted by molar-refractivity contribution is 6.15. The average molecular weight is 441 g/mol. The van der Waals surface area contributed by atoms with E-state index in [2.05, 4.69) is 15.1 Å². The van der Waals surface area contributed by atoms with Crippen molar-refractivity contribution in [2.24, 2.45) is 5.92 Å². The lowest BCUT2D eigenvalue weighted by atomic mass is 9.92. The number of anilines is 2. The molecule has 32 heavy (non-hydrogen) atoms. The molecule has 0 aromatic heterocycles. The van der Waals surface area contributed by atoms with Crippen LogP contribution in [0.5, 0.6) is 0 Å². The van der Waals surface area contributed by atoms with Gasteiger partial charge >= 0.3 is 0 Å². The number of fused-ring (bicyclic) bond motifs is 1. The molecule has 2 fully saturated rings. The Morgan fingerprint density at radius 2 is 1.62 bits per heavy atom. The maximum absolute atomic E-state index is 13.7. The third-order valence-electron chi connectivity index (χ3n) is 7.43. The van der Waals surface area contributed by atoms with Gasteiger partial charge in [0.2, 0.25) is 17.7 Å². The molecule has 4 rings (SSSR count). The summed E-state index contributed by atoms with van der Waals surface area (Å²) in [4.78, 5) is 45.3. The molecule has 174 valence electrons. The quantitative estimate of drug-likeness (QED) is 0.783. The van der Waals surface area contributed by atoms with Gasteiger partial charge in [-0.3, -0.25) is 24.2 Å². The van der Waals surface area contributed by atoms with Crippen molar-refractivity contribution in [1.82, 2.24) is 9.80 Å². The number of rotatable bonds is 3. The van der Waals surface area contributed by atoms with Crippen LogP contribution in [-0.4, -0.2) is 65.3 Å². The Kier molecular flexibility index (Phi) is 6.56. The molecule has 1 aromatic carbocycles. The molecule has 1 atom stereocenters. The number of amides is 3. The lowest BCUT2D eigenvalue weighted by Crippen LogP contribution is -2.62. The number of hydrogen-bond donors (Lipinski definition) is 1. The van der Waals surface area contributed by atoms with Gasteiger partial charge in [0.1, 0.15) is 5.54 Å². The number of likely N-dealkylation sites (tertiary alicyclic amines) is 2. The van der Waals surface area contributed by atoms with E-state index >= 15 is 0 Å². The first-order chi connectivity index (χ1) is 15.3. The van der Waals surface area contributed by atoms with Crippen LogP contribution in [0, 0.1) is 5.92 Å². The predicted octanol–water partition coefficient (Wildman–Crippen LogP) is 3.25. The van der Waals surface area contributed by atoms with Crippen molar-refractivity contribution in [3.8, 4) is 0 Å². The van der Waals surface area contributed by atoms with E-state index in [1.165, 1.54) is 12.8 Å². The molecule has 1 aromatic rings. The Balaban J connectivity index is 1.43. The van der Waals surface area contributed by atoms with Crippen LogP contribution in [-0.2, 0) is 14.4 Å². The second-order valence-corrected chi connectivity index (χ2v) is 9.93. The molecule has 2 saturated heterocycles. The number of hydrogen-bond acceptors (Lipinski definition) is 4. The van der Waals surface area contributed by atoms with E-state index in [1.54, 1.807) is 18.7 Å². The summed E-state index contributed by atoms with van der Waals surface area (Å²) >= 11 is 0. The van der Waals surface area contributed by atoms with Crippen LogP contribution in [0.4, 0.5) is 11.4 Å². The van der Waals surface area contributed by atoms with Gasteiger partial charge < -0.3 is 10.2 Å². The summed E-state index contributed by atoms with van der Waals surface area (Å²) in [5, 5.41) is 2.92. The zero-order valence-corrected chi connectivity index (χ0v) is 19.6. The number of benzene rings is 1. The minimum Gasteiger partial charge on any atom is -0.342 e. The van der Waals surface area contributed by atoms with Gasteiger partial charge in [-0.15, -0.1) is 0 Å². The zero-order valence-electron chi connectivity index (χ0n) is 19.6. The molecule has 0 saturated carbocycles. The summed E-state index contributed by atoms with van der Waals surface area (Å²) < 4.78 is 0. The molecule has 1 unspecified atom stereocenters. The fourth-order valence-electron chi connectivity index (χ4n) is 5.27. The van der Waals surface area contributed by atoms with E-state index in [0.717, 1.165) is 57.5 Å². The smallest absolute Gasteiger partial charge is 0.250 e. The van der Waals surface area contributed by atoms with E-state index in [0.29, 0.717) is 11.6 Å². The topological polar surface area (TPSA) is 73.0 Å². The van der Waals surface area contributed by atoms with Gasteiger partial charge in [0, 0.05) is 19.0 Å². The van der Waals surface area contributed by atoms with E-state index in [-0.39, 0.29) is 23.8 Å². The van der Waals surface area contributed by atoms with Gasteiger partial charge in [0.05, 0.1) is 17.4 Å². The molecule has 3 aliphatic rings. The predicted molar refractivity (Wildman–Crippen MR) is 125 cm³/mol. The molecule has 0 spiro atoms. The van der Waals surface area contributed by atoms with Gasteiger partial charge in [-0.05, 0) is 71.7 Å². The molecule has 3 amide bonds. The van der Waals surface area contributed by atoms with E-state index < -0.39 is 5.54 Å². The Hall–Kier alpha value is -2.41. The Morgan fingerprint density at radius 1 is 1.00 bits per heavy atom. The molecule has 7 nitrogen and oxygen atoms in total. The van der Waals surface area contributed by atoms with Crippen LogP contribution in [0.2, 0.25) is 0 Å². The SMILES string of the molecule is CC(C(=O)N1c2ccccc2NC(=O)C1(C)C)N1CCC(C(=O)N2CCCCCC2)CC1. The summed E-state index contributed by atoms with van der Waals surface area (Å²) in [6, 6.07) is 7.09. The summed E-state index contributed by atoms with van der Waals surface area (Å²) in [6.45, 7) is 8.71. The number of nitrogens with zero attached hydrogens (tertiary/aromatic N) is 3. The minimum atomic E-state index is -0.971. The van der Waals surface area contributed by atoms with E-state index in [4.69, 9.17) is 0 Å². The molecule has 7 heteroatoms. The highest BCUT2D eigenvalue weighted by atomic mass is 16.2. The van der Waals surface area contributed by atoms with Crippen molar-refractivity contribution >= 4 is 29.1 Å². The fourth-order valence-corrected chi connectivity index (χ4v) is 5.27. The van der Waals surface area contributed by atoms with Crippen LogP contribution in [0.25, 0.3) is 0 Å². The van der Waals surface area contributed by atoms with Crippen molar-refractivity contribution in [2.45, 2.75) is 70.9 Å². The Bertz CT molecular complexity index is 868. The third kappa shape index (κ3) is 4.27. The van der Waals surface area contributed by atoms with Crippen LogP contribution in [0.1, 0.15) is 59.3 Å². The van der Waals surface area contributed by atoms with Gasteiger partial charge in [-0.25, -0.2) is 0 Å². The molecule has 3 aliphatic heterocycles. The number of piperidine rings is 1. The van der Waals surface area contributed by atoms with Gasteiger partial charge in [-0.2, -0.15) is 0 Å². The van der Waals surface area contributed by atoms with E-state index in [1.807, 2.05) is 31.2 Å². The van der Waals surface area contributed by atoms with Crippen molar-refractivity contribution < 1.29 is 14.4 Å². The standard InChI is InChI=1S/C25H36N4O3/c1-18(22(30)29-21-11-7-6-10-20(21)26-24(32)25(29,2)3)27-16-12-19(13-17-27)23(31)28-14-8-4-5-9-15-28/h6-7,10-11,18-19H,4-5,8-9,12-17H2,1-3H3,(H,26,32). The monoisotopic (exact) mass is 440 g/mol. The molecule has 0 radical (unpaired) electrons. The Morgan fingerprint density at radius 3 is 2.28 bits per heavy atom. The molecule has 3 heterocycles. The maximum atomic E-state index is 13.7. The largest absolute Gasteiger partial charge is 0.342 e. The van der Waals surface area contributed by atoms with Gasteiger partial charge in [0.25, 0.3) is 0 Å². The second kappa shape index (κ2) is 9.22. The molecule has 0 bridgehead atoms. The minimum absolute atomic E-state index is 0.0598. The van der Waals surface area contributed by atoms with Crippen molar-refractivity contribution in [3.05, 3.63) is 24.3 Å². The van der Waals surface area contributed by atoms with Crippen LogP contribution in [0.3, 0.4) is 0 Å². The first-order valence-corrected chi connectivity index (χ1v) is 12.1. The molecular weight excluding hydrogens is 404 g/mol. The number of nitrogens with one attached hydrogen (secondary N) is 1. The molecular formula is C25H36N4O3. The zero-order chi connectivity index (χ0) is 22.9. The van der Waals surface area contributed by atoms with Gasteiger partial charge in [-0.1, -0.05) is 25.0 Å². The lowest BCUT2D eigenvalue weighted by molar-refractivity contribution is -0.137. The molecule has 0 aliphatic carbocycles. The summed E-state index contributed by atoms with van der Waals surface area (Å²) in [5.41, 5.74) is 0.431. The first-order valence-electron chi connectivity index (χ1n) is 12.1. The van der Waals surface area contributed by atoms with Crippen molar-refractivity contribution in [2.75, 3.05) is 36.4 Å². The number of para-hydroxylation sites is 2. The average Bonchev–Trinajstić information content (AvgIpc) is 3.08. The first kappa shape index (κ1) is 22.8. The van der Waals surface area contributed by atoms with Gasteiger partial charge in [0.15, 0.2) is 0 Å². The summed E-state index contributed by atoms with van der Waals surface area (Å²) in [5.74, 6) is 0.103. The number of carbonyl (C=O) groups excluding carboxylic acids is 3. The Labute approximate surface area is 191 Å². The van der Waals surface area contributed by atoms with Crippen LogP contribution >= 0.6 is 0 Å². The van der Waals surface area contributed by atoms with E-state index in [9.17, 15) is 14.4 Å². The van der Waals surface area contributed by atoms with Crippen molar-refractivity contribution in [3.63, 3.8) is 0 Å². The normalized spacial score (nSPS) is 23.2. The summed E-state index contributed by atoms with van der Waals surface area (Å²) in [7, 11) is 0. The third-order valence-corrected chi connectivity index (χ3v) is 7.43. The van der Waals surface area contributed by atoms with Crippen molar-refractivity contribution in [1.29, 1.82) is 0 Å². The summed E-state index contributed by atoms with van der Waals surface area (Å²) in [6.07, 6.45) is 6.22. The lowest BCUT2D eigenvalue weighted by Gasteiger charge is -2.45. The van der Waals surface area contributed by atoms with Crippen LogP contribution in [0.15, 0.2) is 24.3 Å². The highest BCUT2D eigenvalue weighted by Crippen LogP contribution is 2.37. The molecule has 1 N–H and O–H groups in total. The maximum Gasteiger partial charge on any atom is 0.250 e. The van der Waals surface area contributed by atoms with Crippen LogP contribution < -0.4 is 10.2 Å².